The first kappa shape index (κ1) is 29.0. The lowest BCUT2D eigenvalue weighted by Crippen LogP contribution is -2.57. The smallest absolute Gasteiger partial charge is 0.186 e. The molecule has 13 unspecified atom stereocenters. The molecular formula is C33H56O5. The second kappa shape index (κ2) is 11.1. The Bertz CT molecular complexity index is 856. The lowest BCUT2D eigenvalue weighted by Gasteiger charge is -2.59. The van der Waals surface area contributed by atoms with E-state index in [9.17, 15) is 15.3 Å². The van der Waals surface area contributed by atoms with Crippen LogP contribution in [-0.2, 0) is 9.47 Å². The normalized spacial score (nSPS) is 49.7. The van der Waals surface area contributed by atoms with Gasteiger partial charge in [-0.25, -0.2) is 0 Å². The van der Waals surface area contributed by atoms with Gasteiger partial charge < -0.3 is 24.8 Å². The third-order valence-corrected chi connectivity index (χ3v) is 12.5. The van der Waals surface area contributed by atoms with Gasteiger partial charge in [-0.2, -0.15) is 0 Å². The van der Waals surface area contributed by atoms with Gasteiger partial charge in [-0.3, -0.25) is 0 Å². The molecule has 13 atom stereocenters. The van der Waals surface area contributed by atoms with Gasteiger partial charge in [0.25, 0.3) is 0 Å². The molecule has 0 amide bonds. The van der Waals surface area contributed by atoms with Crippen LogP contribution in [-0.4, -0.2) is 52.6 Å². The van der Waals surface area contributed by atoms with Gasteiger partial charge in [0.05, 0.1) is 12.7 Å². The molecule has 4 aliphatic carbocycles. The van der Waals surface area contributed by atoms with Crippen molar-refractivity contribution in [2.75, 3.05) is 6.61 Å². The number of ether oxygens (including phenoxy) is 2. The zero-order chi connectivity index (χ0) is 27.4. The van der Waals surface area contributed by atoms with Crippen LogP contribution in [0.15, 0.2) is 11.6 Å². The maximum absolute atomic E-state index is 10.4. The number of hydrogen-bond acceptors (Lipinski definition) is 5. The van der Waals surface area contributed by atoms with Crippen molar-refractivity contribution < 1.29 is 24.8 Å². The Morgan fingerprint density at radius 3 is 2.45 bits per heavy atom. The summed E-state index contributed by atoms with van der Waals surface area (Å²) >= 11 is 0. The van der Waals surface area contributed by atoms with E-state index in [0.29, 0.717) is 17.3 Å². The Balaban J connectivity index is 1.27. The highest BCUT2D eigenvalue weighted by atomic mass is 16.7. The highest BCUT2D eigenvalue weighted by Gasteiger charge is 2.59. The van der Waals surface area contributed by atoms with Gasteiger partial charge in [0.2, 0.25) is 0 Å². The van der Waals surface area contributed by atoms with Gasteiger partial charge in [0, 0.05) is 0 Å². The fourth-order valence-electron chi connectivity index (χ4n) is 10.2. The quantitative estimate of drug-likeness (QED) is 0.273. The highest BCUT2D eigenvalue weighted by molar-refractivity contribution is 5.29. The number of hydrogen-bond donors (Lipinski definition) is 3. The van der Waals surface area contributed by atoms with Crippen molar-refractivity contribution in [3.8, 4) is 0 Å². The highest BCUT2D eigenvalue weighted by Crippen LogP contribution is 2.67. The molecule has 0 aromatic rings. The van der Waals surface area contributed by atoms with E-state index in [-0.39, 0.29) is 18.1 Å². The van der Waals surface area contributed by atoms with Crippen LogP contribution in [0, 0.1) is 52.3 Å². The predicted molar refractivity (Wildman–Crippen MR) is 150 cm³/mol. The zero-order valence-corrected chi connectivity index (χ0v) is 24.9. The van der Waals surface area contributed by atoms with Gasteiger partial charge in [0.15, 0.2) is 6.29 Å². The standard InChI is InChI=1S/C33H56O5/c1-19(2)8-7-9-20(3)23-12-13-25-22-10-11-24-21(4)28(38-31-30(36)29(35)27(34)18-37-31)15-17-33(24,6)26(22)14-16-32(23,25)5/h14,19-25,27-31,34-36H,7-13,15-18H2,1-6H3. The monoisotopic (exact) mass is 532 g/mol. The molecule has 0 spiro atoms. The Kier molecular flexibility index (Phi) is 8.47. The van der Waals surface area contributed by atoms with Crippen LogP contribution in [0.5, 0.6) is 0 Å². The maximum atomic E-state index is 10.4. The van der Waals surface area contributed by atoms with Crippen molar-refractivity contribution in [3.63, 3.8) is 0 Å². The van der Waals surface area contributed by atoms with Crippen LogP contribution >= 0.6 is 0 Å². The first-order valence-corrected chi connectivity index (χ1v) is 16.0. The largest absolute Gasteiger partial charge is 0.388 e. The topological polar surface area (TPSA) is 79.2 Å². The van der Waals surface area contributed by atoms with Gasteiger partial charge >= 0.3 is 0 Å². The first-order valence-electron chi connectivity index (χ1n) is 16.0. The minimum atomic E-state index is -1.22. The molecule has 0 aromatic carbocycles. The van der Waals surface area contributed by atoms with Crippen molar-refractivity contribution >= 4 is 0 Å². The van der Waals surface area contributed by atoms with Gasteiger partial charge in [0.1, 0.15) is 18.3 Å². The summed E-state index contributed by atoms with van der Waals surface area (Å²) in [6.45, 7) is 14.8. The lowest BCUT2D eigenvalue weighted by molar-refractivity contribution is -0.293. The molecule has 5 nitrogen and oxygen atoms in total. The molecule has 5 rings (SSSR count). The van der Waals surface area contributed by atoms with Crippen molar-refractivity contribution in [1.82, 2.24) is 0 Å². The molecule has 1 saturated heterocycles. The fourth-order valence-corrected chi connectivity index (χ4v) is 10.2. The van der Waals surface area contributed by atoms with Gasteiger partial charge in [-0.15, -0.1) is 0 Å². The molecular weight excluding hydrogens is 476 g/mol. The number of fused-ring (bicyclic) bond motifs is 5. The van der Waals surface area contributed by atoms with E-state index >= 15 is 0 Å². The third-order valence-electron chi connectivity index (χ3n) is 12.5. The average Bonchev–Trinajstić information content (AvgIpc) is 3.23. The lowest BCUT2D eigenvalue weighted by atomic mass is 9.47. The van der Waals surface area contributed by atoms with E-state index in [1.807, 2.05) is 0 Å². The van der Waals surface area contributed by atoms with E-state index in [0.717, 1.165) is 42.4 Å². The predicted octanol–water partition coefficient (Wildman–Crippen LogP) is 6.10. The molecule has 3 N–H and O–H groups in total. The molecule has 5 heteroatoms. The summed E-state index contributed by atoms with van der Waals surface area (Å²) in [5.41, 5.74) is 2.45. The maximum Gasteiger partial charge on any atom is 0.186 e. The molecule has 218 valence electrons. The van der Waals surface area contributed by atoms with Crippen molar-refractivity contribution in [2.24, 2.45) is 52.3 Å². The molecule has 4 fully saturated rings. The second-order valence-electron chi connectivity index (χ2n) is 15.0. The summed E-state index contributed by atoms with van der Waals surface area (Å²) in [6, 6.07) is 0. The summed E-state index contributed by atoms with van der Waals surface area (Å²) in [5.74, 6) is 5.01. The summed E-state index contributed by atoms with van der Waals surface area (Å²) in [5, 5.41) is 30.4. The van der Waals surface area contributed by atoms with Gasteiger partial charge in [-0.1, -0.05) is 72.5 Å². The molecule has 3 saturated carbocycles. The van der Waals surface area contributed by atoms with E-state index in [2.05, 4.69) is 47.6 Å². The average molecular weight is 533 g/mol. The number of allylic oxidation sites excluding steroid dienone is 2. The van der Waals surface area contributed by atoms with Crippen LogP contribution in [0.3, 0.4) is 0 Å². The second-order valence-corrected chi connectivity index (χ2v) is 15.0. The first-order chi connectivity index (χ1) is 18.0. The molecule has 1 aliphatic heterocycles. The summed E-state index contributed by atoms with van der Waals surface area (Å²) < 4.78 is 11.9. The van der Waals surface area contributed by atoms with E-state index < -0.39 is 24.6 Å². The van der Waals surface area contributed by atoms with Crippen LogP contribution in [0.2, 0.25) is 0 Å². The SMILES string of the molecule is CC(C)CCCC(C)C1CCC2C3CCC4C(C)C(OC5OCC(O)C(O)C5O)CCC4(C)C3=CCC12C. The summed E-state index contributed by atoms with van der Waals surface area (Å²) in [7, 11) is 0. The molecule has 1 heterocycles. The summed E-state index contributed by atoms with van der Waals surface area (Å²) in [4.78, 5) is 0. The van der Waals surface area contributed by atoms with Crippen LogP contribution in [0.25, 0.3) is 0 Å². The molecule has 38 heavy (non-hydrogen) atoms. The van der Waals surface area contributed by atoms with E-state index in [1.54, 1.807) is 5.57 Å². The van der Waals surface area contributed by atoms with E-state index in [1.165, 1.54) is 51.4 Å². The van der Waals surface area contributed by atoms with Crippen molar-refractivity contribution in [2.45, 2.75) is 136 Å². The number of aliphatic hydroxyl groups is 3. The molecule has 0 radical (unpaired) electrons. The minimum absolute atomic E-state index is 0.00278. The Morgan fingerprint density at radius 2 is 1.71 bits per heavy atom. The number of rotatable bonds is 7. The molecule has 5 aliphatic rings. The summed E-state index contributed by atoms with van der Waals surface area (Å²) in [6.07, 6.45) is 11.2. The fraction of sp³-hybridized carbons (Fsp3) is 0.939. The van der Waals surface area contributed by atoms with Crippen molar-refractivity contribution in [3.05, 3.63) is 11.6 Å². The zero-order valence-electron chi connectivity index (χ0n) is 24.9. The number of aliphatic hydroxyl groups excluding tert-OH is 3. The Morgan fingerprint density at radius 1 is 0.974 bits per heavy atom. The van der Waals surface area contributed by atoms with E-state index in [4.69, 9.17) is 9.47 Å². The van der Waals surface area contributed by atoms with Crippen LogP contribution in [0.4, 0.5) is 0 Å². The Labute approximate surface area is 231 Å². The molecule has 0 bridgehead atoms. The van der Waals surface area contributed by atoms with Crippen LogP contribution in [0.1, 0.15) is 106 Å². The third kappa shape index (κ3) is 4.95. The van der Waals surface area contributed by atoms with Crippen LogP contribution < -0.4 is 0 Å². The van der Waals surface area contributed by atoms with Gasteiger partial charge in [-0.05, 0) is 97.2 Å². The Hall–Kier alpha value is -0.460. The minimum Gasteiger partial charge on any atom is -0.388 e. The molecule has 0 aromatic heterocycles. The van der Waals surface area contributed by atoms with Crippen molar-refractivity contribution in [1.29, 1.82) is 0 Å².